The van der Waals surface area contributed by atoms with Crippen LogP contribution in [0.4, 0.5) is 0 Å². The lowest BCUT2D eigenvalue weighted by molar-refractivity contribution is -0.110. The number of nitrogens with zero attached hydrogens (tertiary/aromatic N) is 5. The number of benzene rings is 2. The zero-order chi connectivity index (χ0) is 41.6. The Morgan fingerprint density at radius 1 is 0.729 bits per heavy atom. The van der Waals surface area contributed by atoms with Crippen LogP contribution >= 0.6 is 0 Å². The molecule has 4 aliphatic rings. The Labute approximate surface area is 349 Å². The number of carbonyl (C=O) groups is 3. The fourth-order valence-electron chi connectivity index (χ4n) is 9.09. The summed E-state index contributed by atoms with van der Waals surface area (Å²) in [5, 5.41) is 26.7. The fourth-order valence-corrected chi connectivity index (χ4v) is 9.09. The van der Waals surface area contributed by atoms with E-state index < -0.39 is 0 Å². The van der Waals surface area contributed by atoms with Crippen LogP contribution in [0.3, 0.4) is 0 Å². The van der Waals surface area contributed by atoms with Gasteiger partial charge in [-0.25, -0.2) is 9.97 Å². The molecule has 2 atom stereocenters. The highest BCUT2D eigenvalue weighted by atomic mass is 16.3. The Morgan fingerprint density at radius 3 is 1.68 bits per heavy atom. The second-order valence-electron chi connectivity index (χ2n) is 16.3. The van der Waals surface area contributed by atoms with E-state index in [1.165, 1.54) is 64.2 Å². The van der Waals surface area contributed by atoms with Crippen LogP contribution in [0.1, 0.15) is 110 Å². The predicted molar refractivity (Wildman–Crippen MR) is 230 cm³/mol. The number of fused-ring (bicyclic) bond motifs is 2. The highest BCUT2D eigenvalue weighted by Crippen LogP contribution is 2.30. The Hall–Kier alpha value is -4.69. The van der Waals surface area contributed by atoms with E-state index in [2.05, 4.69) is 56.0 Å². The number of hydrogen-bond donors (Lipinski definition) is 5. The molecule has 0 saturated heterocycles. The molecule has 59 heavy (non-hydrogen) atoms. The molecule has 13 nitrogen and oxygen atoms in total. The van der Waals surface area contributed by atoms with E-state index in [4.69, 9.17) is 19.9 Å². The molecule has 0 radical (unpaired) electrons. The van der Waals surface area contributed by atoms with Gasteiger partial charge in [-0.05, 0) is 51.4 Å². The molecule has 4 aromatic rings. The molecule has 2 saturated carbocycles. The molecule has 2 aromatic heterocycles. The van der Waals surface area contributed by atoms with Gasteiger partial charge in [-0.2, -0.15) is 0 Å². The van der Waals surface area contributed by atoms with Gasteiger partial charge in [-0.1, -0.05) is 99.2 Å². The Morgan fingerprint density at radius 2 is 1.20 bits per heavy atom. The van der Waals surface area contributed by atoms with E-state index in [-0.39, 0.29) is 37.1 Å². The van der Waals surface area contributed by atoms with Crippen molar-refractivity contribution in [3.8, 4) is 22.8 Å². The number of β-amino-alcohol motifs (C(OH)–C–C–N with tert-alkyl or cyclic N) is 1. The van der Waals surface area contributed by atoms with Crippen LogP contribution in [0.5, 0.6) is 0 Å². The molecule has 2 aliphatic heterocycles. The summed E-state index contributed by atoms with van der Waals surface area (Å²) >= 11 is 0. The molecule has 2 aromatic carbocycles. The summed E-state index contributed by atoms with van der Waals surface area (Å²) in [7, 11) is 0. The second-order valence-corrected chi connectivity index (χ2v) is 16.3. The van der Waals surface area contributed by atoms with Crippen molar-refractivity contribution in [3.05, 3.63) is 83.4 Å². The van der Waals surface area contributed by atoms with Crippen molar-refractivity contribution in [2.24, 2.45) is 11.8 Å². The molecule has 0 spiro atoms. The average molecular weight is 809 g/mol. The van der Waals surface area contributed by atoms with Gasteiger partial charge in [0.15, 0.2) is 11.4 Å². The highest BCUT2D eigenvalue weighted by Gasteiger charge is 2.31. The number of aromatic nitrogens is 4. The van der Waals surface area contributed by atoms with Crippen molar-refractivity contribution in [2.75, 3.05) is 32.8 Å². The quantitative estimate of drug-likeness (QED) is 0.122. The summed E-state index contributed by atoms with van der Waals surface area (Å²) in [4.78, 5) is 46.9. The van der Waals surface area contributed by atoms with E-state index >= 15 is 0 Å². The number of rotatable bonds is 11. The normalized spacial score (nSPS) is 18.1. The third-order valence-corrected chi connectivity index (χ3v) is 12.4. The van der Waals surface area contributed by atoms with Crippen LogP contribution < -0.4 is 16.0 Å². The SMILES string of the molecule is C[C@@H](NC(=O)c1nc(-c2ccccc2)n2c1CN(CCO)CC2)C1CCCCC1.C[C@@H](NC(=O)c1nc(-c2ccccc2)n2c1CNCC2)C1CCCCC1.O=CCO. The summed E-state index contributed by atoms with van der Waals surface area (Å²) in [6.07, 6.45) is 13.0. The zero-order valence-corrected chi connectivity index (χ0v) is 35.0. The first-order valence-electron chi connectivity index (χ1n) is 21.8. The Bertz CT molecular complexity index is 1940. The molecule has 2 fully saturated rings. The minimum atomic E-state index is -0.361. The molecular weight excluding hydrogens is 745 g/mol. The number of aliphatic hydroxyl groups excluding tert-OH is 2. The maximum absolute atomic E-state index is 13.2. The first kappa shape index (κ1) is 43.9. The van der Waals surface area contributed by atoms with Crippen LogP contribution in [-0.4, -0.2) is 97.2 Å². The van der Waals surface area contributed by atoms with Gasteiger partial charge in [0.1, 0.15) is 17.9 Å². The average Bonchev–Trinajstić information content (AvgIpc) is 3.87. The van der Waals surface area contributed by atoms with Crippen molar-refractivity contribution in [2.45, 2.75) is 116 Å². The van der Waals surface area contributed by atoms with Crippen LogP contribution in [0.25, 0.3) is 22.8 Å². The number of amides is 2. The molecule has 0 bridgehead atoms. The molecule has 5 N–H and O–H groups in total. The number of nitrogens with one attached hydrogen (secondary N) is 3. The van der Waals surface area contributed by atoms with E-state index in [0.717, 1.165) is 60.3 Å². The molecule has 13 heteroatoms. The molecule has 8 rings (SSSR count). The standard InChI is InChI=1S/C23H32N4O2.C21H28N4O.C2H4O2/c1-17(18-8-4-2-5-9-18)24-23(29)21-20-16-26(14-15-28)12-13-27(20)22(25-21)19-10-6-3-7-11-19;1-15(16-8-4-2-5-9-16)23-21(26)19-18-14-22-12-13-25(18)20(24-19)17-10-6-3-7-11-17;3-1-2-4/h3,6-7,10-11,17-18,28H,2,4-5,8-9,12-16H2,1H3,(H,24,29);3,6-7,10-11,15-16,22H,2,4-5,8-9,12-14H2,1H3,(H,23,26);1,4H,2H2/t17-;15-;/m11./s1. The van der Waals surface area contributed by atoms with Gasteiger partial charge < -0.3 is 40.1 Å². The lowest BCUT2D eigenvalue weighted by atomic mass is 9.84. The lowest BCUT2D eigenvalue weighted by Gasteiger charge is -2.29. The van der Waals surface area contributed by atoms with E-state index in [0.29, 0.717) is 49.1 Å². The van der Waals surface area contributed by atoms with Crippen molar-refractivity contribution >= 4 is 18.1 Å². The van der Waals surface area contributed by atoms with Crippen LogP contribution in [0, 0.1) is 11.8 Å². The van der Waals surface area contributed by atoms with Gasteiger partial charge in [-0.3, -0.25) is 14.5 Å². The Kier molecular flexibility index (Phi) is 16.4. The maximum atomic E-state index is 13.2. The Balaban J connectivity index is 0.000000183. The number of aldehydes is 1. The topological polar surface area (TPSA) is 167 Å². The van der Waals surface area contributed by atoms with Crippen LogP contribution in [0.15, 0.2) is 60.7 Å². The van der Waals surface area contributed by atoms with Gasteiger partial charge in [0.05, 0.1) is 24.6 Å². The van der Waals surface area contributed by atoms with Crippen molar-refractivity contribution < 1.29 is 24.6 Å². The van der Waals surface area contributed by atoms with Gasteiger partial charge in [0.25, 0.3) is 11.8 Å². The number of carbonyl (C=O) groups excluding carboxylic acids is 3. The van der Waals surface area contributed by atoms with Crippen molar-refractivity contribution in [3.63, 3.8) is 0 Å². The van der Waals surface area contributed by atoms with Crippen LogP contribution in [0.2, 0.25) is 0 Å². The van der Waals surface area contributed by atoms with Gasteiger partial charge in [0.2, 0.25) is 0 Å². The largest absolute Gasteiger partial charge is 0.395 e. The van der Waals surface area contributed by atoms with Crippen LogP contribution in [-0.2, 0) is 31.0 Å². The second kappa shape index (κ2) is 22.1. The summed E-state index contributed by atoms with van der Waals surface area (Å²) in [5.74, 6) is 2.82. The van der Waals surface area contributed by atoms with E-state index in [9.17, 15) is 14.7 Å². The highest BCUT2D eigenvalue weighted by molar-refractivity contribution is 5.95. The first-order chi connectivity index (χ1) is 28.8. The smallest absolute Gasteiger partial charge is 0.272 e. The van der Waals surface area contributed by atoms with Crippen molar-refractivity contribution in [1.82, 2.24) is 40.0 Å². The molecular formula is C46H64N8O5. The lowest BCUT2D eigenvalue weighted by Crippen LogP contribution is -2.40. The monoisotopic (exact) mass is 808 g/mol. The summed E-state index contributed by atoms with van der Waals surface area (Å²) in [5.41, 5.74) is 5.17. The number of imidazole rings is 2. The third kappa shape index (κ3) is 11.3. The number of aliphatic hydroxyl groups is 2. The molecule has 0 unspecified atom stereocenters. The maximum Gasteiger partial charge on any atom is 0.272 e. The fraction of sp³-hybridized carbons (Fsp3) is 0.543. The third-order valence-electron chi connectivity index (χ3n) is 12.4. The summed E-state index contributed by atoms with van der Waals surface area (Å²) in [6, 6.07) is 20.6. The van der Waals surface area contributed by atoms with E-state index in [1.807, 2.05) is 48.5 Å². The summed E-state index contributed by atoms with van der Waals surface area (Å²) < 4.78 is 4.38. The number of hydrogen-bond acceptors (Lipinski definition) is 9. The molecule has 2 aliphatic carbocycles. The first-order valence-corrected chi connectivity index (χ1v) is 21.8. The van der Waals surface area contributed by atoms with Gasteiger partial charge >= 0.3 is 0 Å². The molecule has 318 valence electrons. The van der Waals surface area contributed by atoms with Gasteiger partial charge in [0, 0.05) is 69.0 Å². The van der Waals surface area contributed by atoms with E-state index in [1.54, 1.807) is 0 Å². The van der Waals surface area contributed by atoms with Crippen molar-refractivity contribution in [1.29, 1.82) is 0 Å². The minimum Gasteiger partial charge on any atom is -0.395 e. The summed E-state index contributed by atoms with van der Waals surface area (Å²) in [6.45, 7) is 9.37. The zero-order valence-electron chi connectivity index (χ0n) is 35.0. The molecule has 4 heterocycles. The van der Waals surface area contributed by atoms with Gasteiger partial charge in [-0.15, -0.1) is 0 Å². The predicted octanol–water partition coefficient (Wildman–Crippen LogP) is 5.59. The minimum absolute atomic E-state index is 0.0299. The molecule has 2 amide bonds.